The molecule has 1 heterocycles. The molecule has 6 heteroatoms. The highest BCUT2D eigenvalue weighted by Gasteiger charge is 2.43. The maximum atomic E-state index is 12.0. The SMILES string of the molecule is CC(C)CC[C@H](C)NC(=O)CCCN1C(=O)NC(C)(C)C1=O. The minimum absolute atomic E-state index is 0.0254. The summed E-state index contributed by atoms with van der Waals surface area (Å²) in [5.41, 5.74) is -0.843. The molecule has 1 aliphatic heterocycles. The van der Waals surface area contributed by atoms with Crippen molar-refractivity contribution >= 4 is 17.8 Å². The van der Waals surface area contributed by atoms with E-state index in [0.717, 1.165) is 12.8 Å². The number of nitrogens with zero attached hydrogens (tertiary/aromatic N) is 1. The Morgan fingerprint density at radius 3 is 2.36 bits per heavy atom. The Morgan fingerprint density at radius 1 is 1.23 bits per heavy atom. The molecule has 1 aliphatic rings. The van der Waals surface area contributed by atoms with E-state index in [0.29, 0.717) is 18.8 Å². The fourth-order valence-electron chi connectivity index (χ4n) is 2.42. The summed E-state index contributed by atoms with van der Waals surface area (Å²) < 4.78 is 0. The van der Waals surface area contributed by atoms with E-state index in [9.17, 15) is 14.4 Å². The third-order valence-electron chi connectivity index (χ3n) is 3.81. The van der Waals surface area contributed by atoms with Crippen molar-refractivity contribution in [1.82, 2.24) is 15.5 Å². The Kier molecular flexibility index (Phi) is 6.38. The first-order valence-corrected chi connectivity index (χ1v) is 8.07. The van der Waals surface area contributed by atoms with Crippen LogP contribution in [-0.2, 0) is 9.59 Å². The van der Waals surface area contributed by atoms with Gasteiger partial charge in [0.05, 0.1) is 0 Å². The molecule has 1 fully saturated rings. The fourth-order valence-corrected chi connectivity index (χ4v) is 2.42. The predicted octanol–water partition coefficient (Wildman–Crippen LogP) is 2.04. The first kappa shape index (κ1) is 18.5. The van der Waals surface area contributed by atoms with Crippen LogP contribution in [0.4, 0.5) is 4.79 Å². The van der Waals surface area contributed by atoms with E-state index in [1.54, 1.807) is 13.8 Å². The van der Waals surface area contributed by atoms with Gasteiger partial charge in [-0.25, -0.2) is 4.79 Å². The summed E-state index contributed by atoms with van der Waals surface area (Å²) in [6.45, 7) is 9.96. The molecule has 1 atom stereocenters. The monoisotopic (exact) mass is 311 g/mol. The van der Waals surface area contributed by atoms with E-state index in [-0.39, 0.29) is 30.4 Å². The normalized spacial score (nSPS) is 18.5. The molecule has 0 aliphatic carbocycles. The summed E-state index contributed by atoms with van der Waals surface area (Å²) in [7, 11) is 0. The summed E-state index contributed by atoms with van der Waals surface area (Å²) in [5, 5.41) is 5.58. The van der Waals surface area contributed by atoms with Gasteiger partial charge in [0.15, 0.2) is 0 Å². The van der Waals surface area contributed by atoms with Gasteiger partial charge in [-0.2, -0.15) is 0 Å². The van der Waals surface area contributed by atoms with Gasteiger partial charge < -0.3 is 10.6 Å². The molecule has 2 N–H and O–H groups in total. The average Bonchev–Trinajstić information content (AvgIpc) is 2.58. The molecule has 126 valence electrons. The number of hydrogen-bond donors (Lipinski definition) is 2. The van der Waals surface area contributed by atoms with Crippen LogP contribution in [0.2, 0.25) is 0 Å². The Hall–Kier alpha value is -1.59. The summed E-state index contributed by atoms with van der Waals surface area (Å²) in [5.74, 6) is 0.369. The zero-order chi connectivity index (χ0) is 16.9. The quantitative estimate of drug-likeness (QED) is 0.673. The molecule has 0 aromatic carbocycles. The maximum absolute atomic E-state index is 12.0. The van der Waals surface area contributed by atoms with E-state index >= 15 is 0 Å². The van der Waals surface area contributed by atoms with E-state index < -0.39 is 5.54 Å². The number of nitrogens with one attached hydrogen (secondary N) is 2. The fraction of sp³-hybridized carbons (Fsp3) is 0.812. The van der Waals surface area contributed by atoms with Crippen molar-refractivity contribution in [2.24, 2.45) is 5.92 Å². The molecule has 0 radical (unpaired) electrons. The van der Waals surface area contributed by atoms with Gasteiger partial charge in [-0.05, 0) is 46.0 Å². The molecule has 0 aromatic rings. The molecule has 0 bridgehead atoms. The lowest BCUT2D eigenvalue weighted by molar-refractivity contribution is -0.130. The predicted molar refractivity (Wildman–Crippen MR) is 85.2 cm³/mol. The molecule has 4 amide bonds. The van der Waals surface area contributed by atoms with Gasteiger partial charge >= 0.3 is 6.03 Å². The van der Waals surface area contributed by atoms with Crippen molar-refractivity contribution in [3.05, 3.63) is 0 Å². The van der Waals surface area contributed by atoms with E-state index in [1.807, 2.05) is 6.92 Å². The molecule has 22 heavy (non-hydrogen) atoms. The molecule has 0 aromatic heterocycles. The van der Waals surface area contributed by atoms with Crippen LogP contribution < -0.4 is 10.6 Å². The van der Waals surface area contributed by atoms with Gasteiger partial charge in [0.25, 0.3) is 5.91 Å². The lowest BCUT2D eigenvalue weighted by atomic mass is 10.0. The number of carbonyl (C=O) groups is 3. The first-order chi connectivity index (χ1) is 10.1. The summed E-state index contributed by atoms with van der Waals surface area (Å²) in [4.78, 5) is 36.7. The Morgan fingerprint density at radius 2 is 1.86 bits per heavy atom. The van der Waals surface area contributed by atoms with Crippen LogP contribution in [0.15, 0.2) is 0 Å². The maximum Gasteiger partial charge on any atom is 0.325 e. The number of rotatable bonds is 8. The summed E-state index contributed by atoms with van der Waals surface area (Å²) in [6, 6.07) is -0.216. The minimum atomic E-state index is -0.843. The Balaban J connectivity index is 2.28. The first-order valence-electron chi connectivity index (χ1n) is 8.07. The van der Waals surface area contributed by atoms with Crippen LogP contribution in [0.25, 0.3) is 0 Å². The Bertz CT molecular complexity index is 432. The highest BCUT2D eigenvalue weighted by atomic mass is 16.2. The van der Waals surface area contributed by atoms with Gasteiger partial charge in [-0.3, -0.25) is 14.5 Å². The molecule has 0 unspecified atom stereocenters. The number of urea groups is 1. The number of imide groups is 1. The van der Waals surface area contributed by atoms with Crippen LogP contribution >= 0.6 is 0 Å². The molecule has 0 spiro atoms. The van der Waals surface area contributed by atoms with Gasteiger partial charge in [-0.15, -0.1) is 0 Å². The second-order valence-corrected chi connectivity index (χ2v) is 7.06. The molecule has 1 saturated heterocycles. The zero-order valence-corrected chi connectivity index (χ0v) is 14.4. The van der Waals surface area contributed by atoms with Crippen LogP contribution in [0.3, 0.4) is 0 Å². The molecule has 1 rings (SSSR count). The Labute approximate surface area is 133 Å². The van der Waals surface area contributed by atoms with Gasteiger partial charge in [0.1, 0.15) is 5.54 Å². The van der Waals surface area contributed by atoms with Gasteiger partial charge in [0, 0.05) is 19.0 Å². The van der Waals surface area contributed by atoms with Crippen molar-refractivity contribution in [2.75, 3.05) is 6.54 Å². The molecule has 6 nitrogen and oxygen atoms in total. The van der Waals surface area contributed by atoms with Crippen molar-refractivity contribution in [3.63, 3.8) is 0 Å². The van der Waals surface area contributed by atoms with E-state index in [4.69, 9.17) is 0 Å². The van der Waals surface area contributed by atoms with Crippen molar-refractivity contribution in [1.29, 1.82) is 0 Å². The third kappa shape index (κ3) is 5.31. The van der Waals surface area contributed by atoms with Gasteiger partial charge in [0.2, 0.25) is 5.91 Å². The minimum Gasteiger partial charge on any atom is -0.354 e. The number of amides is 4. The average molecular weight is 311 g/mol. The summed E-state index contributed by atoms with van der Waals surface area (Å²) >= 11 is 0. The highest BCUT2D eigenvalue weighted by molar-refractivity contribution is 6.06. The smallest absolute Gasteiger partial charge is 0.325 e. The number of hydrogen-bond acceptors (Lipinski definition) is 3. The van der Waals surface area contributed by atoms with Crippen LogP contribution in [0, 0.1) is 5.92 Å². The lowest BCUT2D eigenvalue weighted by Crippen LogP contribution is -2.40. The highest BCUT2D eigenvalue weighted by Crippen LogP contribution is 2.17. The topological polar surface area (TPSA) is 78.5 Å². The van der Waals surface area contributed by atoms with Crippen molar-refractivity contribution < 1.29 is 14.4 Å². The van der Waals surface area contributed by atoms with Crippen LogP contribution in [0.1, 0.15) is 60.3 Å². The number of carbonyl (C=O) groups excluding carboxylic acids is 3. The van der Waals surface area contributed by atoms with Crippen molar-refractivity contribution in [2.45, 2.75) is 71.9 Å². The molecule has 0 saturated carbocycles. The van der Waals surface area contributed by atoms with Crippen LogP contribution in [-0.4, -0.2) is 40.9 Å². The molecular weight excluding hydrogens is 282 g/mol. The zero-order valence-electron chi connectivity index (χ0n) is 14.4. The molecular formula is C16H29N3O3. The lowest BCUT2D eigenvalue weighted by Gasteiger charge is -2.17. The van der Waals surface area contributed by atoms with Crippen molar-refractivity contribution in [3.8, 4) is 0 Å². The second kappa shape index (κ2) is 7.61. The second-order valence-electron chi connectivity index (χ2n) is 7.06. The van der Waals surface area contributed by atoms with Crippen LogP contribution in [0.5, 0.6) is 0 Å². The van der Waals surface area contributed by atoms with E-state index in [2.05, 4.69) is 24.5 Å². The van der Waals surface area contributed by atoms with E-state index in [1.165, 1.54) is 4.90 Å². The summed E-state index contributed by atoms with van der Waals surface area (Å²) in [6.07, 6.45) is 2.85. The third-order valence-corrected chi connectivity index (χ3v) is 3.81. The van der Waals surface area contributed by atoms with Gasteiger partial charge in [-0.1, -0.05) is 13.8 Å². The standard InChI is InChI=1S/C16H29N3O3/c1-11(2)8-9-12(3)17-13(20)7-6-10-19-14(21)16(4,5)18-15(19)22/h11-12H,6-10H2,1-5H3,(H,17,20)(H,18,22)/t12-/m0/s1. The largest absolute Gasteiger partial charge is 0.354 e.